The normalized spacial score (nSPS) is 11.0. The first kappa shape index (κ1) is 20.5. The van der Waals surface area contributed by atoms with Crippen LogP contribution in [0.1, 0.15) is 5.56 Å². The van der Waals surface area contributed by atoms with E-state index in [1.54, 1.807) is 18.2 Å². The maximum atomic E-state index is 13.4. The predicted molar refractivity (Wildman–Crippen MR) is 100.0 cm³/mol. The zero-order valence-electron chi connectivity index (χ0n) is 15.2. The van der Waals surface area contributed by atoms with Crippen LogP contribution >= 0.6 is 0 Å². The number of sulfonamides is 1. The summed E-state index contributed by atoms with van der Waals surface area (Å²) in [5.74, 6) is -0.0462. The summed E-state index contributed by atoms with van der Waals surface area (Å²) in [5, 5.41) is 2.64. The summed E-state index contributed by atoms with van der Waals surface area (Å²) in [7, 11) is -0.741. The third-order valence-electron chi connectivity index (χ3n) is 3.72. The first-order chi connectivity index (χ1) is 12.7. The third kappa shape index (κ3) is 5.58. The molecule has 0 aromatic heterocycles. The molecule has 146 valence electrons. The van der Waals surface area contributed by atoms with Crippen molar-refractivity contribution in [2.45, 2.75) is 6.54 Å². The van der Waals surface area contributed by atoms with E-state index in [9.17, 15) is 17.6 Å². The Morgan fingerprint density at radius 3 is 2.41 bits per heavy atom. The Kier molecular flexibility index (Phi) is 6.62. The lowest BCUT2D eigenvalue weighted by Gasteiger charge is -2.22. The van der Waals surface area contributed by atoms with Crippen LogP contribution in [0, 0.1) is 5.82 Å². The summed E-state index contributed by atoms with van der Waals surface area (Å²) in [4.78, 5) is 12.2. The van der Waals surface area contributed by atoms with E-state index in [-0.39, 0.29) is 12.2 Å². The van der Waals surface area contributed by atoms with E-state index in [0.717, 1.165) is 22.2 Å². The first-order valence-electron chi connectivity index (χ1n) is 7.95. The van der Waals surface area contributed by atoms with Gasteiger partial charge in [-0.25, -0.2) is 12.8 Å². The molecule has 2 aromatic rings. The summed E-state index contributed by atoms with van der Waals surface area (Å²) in [6, 6.07) is 10.2. The number of methoxy groups -OCH3 is 2. The van der Waals surface area contributed by atoms with Crippen LogP contribution in [0.4, 0.5) is 10.1 Å². The molecule has 2 aromatic carbocycles. The molecule has 1 amide bonds. The van der Waals surface area contributed by atoms with Crippen LogP contribution in [0.5, 0.6) is 11.5 Å². The molecule has 2 rings (SSSR count). The largest absolute Gasteiger partial charge is 0.493 e. The second-order valence-corrected chi connectivity index (χ2v) is 7.62. The quantitative estimate of drug-likeness (QED) is 0.737. The molecule has 0 atom stereocenters. The van der Waals surface area contributed by atoms with Crippen LogP contribution in [0.2, 0.25) is 0 Å². The standard InChI is InChI=1S/C18H21FN2O5S/c1-25-16-8-7-13(9-17(16)26-2)11-20-18(22)12-21(27(3,23)24)15-6-4-5-14(19)10-15/h4-10H,11-12H2,1-3H3,(H,20,22). The second-order valence-electron chi connectivity index (χ2n) is 5.72. The van der Waals surface area contributed by atoms with Crippen molar-refractivity contribution in [2.24, 2.45) is 0 Å². The van der Waals surface area contributed by atoms with Gasteiger partial charge in [-0.15, -0.1) is 0 Å². The number of benzene rings is 2. The number of carbonyl (C=O) groups excluding carboxylic acids is 1. The highest BCUT2D eigenvalue weighted by Gasteiger charge is 2.21. The van der Waals surface area contributed by atoms with Crippen molar-refractivity contribution in [3.63, 3.8) is 0 Å². The smallest absolute Gasteiger partial charge is 0.241 e. The fourth-order valence-corrected chi connectivity index (χ4v) is 3.26. The Balaban J connectivity index is 2.08. The number of amides is 1. The van der Waals surface area contributed by atoms with Gasteiger partial charge in [0.05, 0.1) is 26.2 Å². The van der Waals surface area contributed by atoms with Gasteiger partial charge in [0.2, 0.25) is 15.9 Å². The summed E-state index contributed by atoms with van der Waals surface area (Å²) in [6.45, 7) is -0.296. The Morgan fingerprint density at radius 1 is 1.11 bits per heavy atom. The average molecular weight is 396 g/mol. The van der Waals surface area contributed by atoms with Crippen molar-refractivity contribution in [3.8, 4) is 11.5 Å². The van der Waals surface area contributed by atoms with Crippen LogP contribution < -0.4 is 19.1 Å². The predicted octanol–water partition coefficient (Wildman–Crippen LogP) is 1.93. The number of nitrogens with one attached hydrogen (secondary N) is 1. The molecule has 0 aliphatic rings. The molecule has 0 aliphatic carbocycles. The number of rotatable bonds is 8. The van der Waals surface area contributed by atoms with Crippen LogP contribution in [0.25, 0.3) is 0 Å². The van der Waals surface area contributed by atoms with Gasteiger partial charge < -0.3 is 14.8 Å². The van der Waals surface area contributed by atoms with Gasteiger partial charge in [-0.2, -0.15) is 0 Å². The molecule has 27 heavy (non-hydrogen) atoms. The lowest BCUT2D eigenvalue weighted by Crippen LogP contribution is -2.40. The van der Waals surface area contributed by atoms with E-state index in [4.69, 9.17) is 9.47 Å². The Labute approximate surface area is 157 Å². The maximum absolute atomic E-state index is 13.4. The van der Waals surface area contributed by atoms with E-state index in [1.807, 2.05) is 0 Å². The topological polar surface area (TPSA) is 84.9 Å². The molecule has 0 heterocycles. The van der Waals surface area contributed by atoms with Crippen molar-refractivity contribution in [1.82, 2.24) is 5.32 Å². The van der Waals surface area contributed by atoms with Crippen LogP contribution in [-0.4, -0.2) is 41.3 Å². The SMILES string of the molecule is COc1ccc(CNC(=O)CN(c2cccc(F)c2)S(C)(=O)=O)cc1OC. The average Bonchev–Trinajstić information content (AvgIpc) is 2.63. The molecule has 0 aliphatic heterocycles. The van der Waals surface area contributed by atoms with Crippen LogP contribution in [-0.2, 0) is 21.4 Å². The molecule has 0 fully saturated rings. The van der Waals surface area contributed by atoms with Crippen molar-refractivity contribution in [2.75, 3.05) is 31.3 Å². The van der Waals surface area contributed by atoms with E-state index < -0.39 is 28.3 Å². The summed E-state index contributed by atoms with van der Waals surface area (Å²) < 4.78 is 48.6. The maximum Gasteiger partial charge on any atom is 0.241 e. The number of hydrogen-bond acceptors (Lipinski definition) is 5. The highest BCUT2D eigenvalue weighted by Crippen LogP contribution is 2.27. The van der Waals surface area contributed by atoms with Gasteiger partial charge >= 0.3 is 0 Å². The fraction of sp³-hybridized carbons (Fsp3) is 0.278. The molecule has 0 saturated heterocycles. The molecule has 0 saturated carbocycles. The molecular formula is C18H21FN2O5S. The van der Waals surface area contributed by atoms with E-state index in [1.165, 1.54) is 32.4 Å². The third-order valence-corrected chi connectivity index (χ3v) is 4.86. The first-order valence-corrected chi connectivity index (χ1v) is 9.80. The van der Waals surface area contributed by atoms with Gasteiger partial charge in [0.1, 0.15) is 12.4 Å². The lowest BCUT2D eigenvalue weighted by atomic mass is 10.2. The van der Waals surface area contributed by atoms with E-state index in [0.29, 0.717) is 11.5 Å². The molecular weight excluding hydrogens is 375 g/mol. The highest BCUT2D eigenvalue weighted by atomic mass is 32.2. The Bertz CT molecular complexity index is 918. The molecule has 1 N–H and O–H groups in total. The van der Waals surface area contributed by atoms with Gasteiger partial charge in [0.25, 0.3) is 0 Å². The van der Waals surface area contributed by atoms with Crippen molar-refractivity contribution in [1.29, 1.82) is 0 Å². The summed E-state index contributed by atoms with van der Waals surface area (Å²) in [6.07, 6.45) is 0.958. The number of anilines is 1. The Hall–Kier alpha value is -2.81. The van der Waals surface area contributed by atoms with Crippen LogP contribution in [0.15, 0.2) is 42.5 Å². The minimum absolute atomic E-state index is 0.0822. The zero-order chi connectivity index (χ0) is 20.0. The monoisotopic (exact) mass is 396 g/mol. The molecule has 0 spiro atoms. The summed E-state index contributed by atoms with van der Waals surface area (Å²) >= 11 is 0. The number of halogens is 1. The zero-order valence-corrected chi connectivity index (χ0v) is 16.0. The van der Waals surface area contributed by atoms with Crippen LogP contribution in [0.3, 0.4) is 0 Å². The molecule has 0 unspecified atom stereocenters. The minimum Gasteiger partial charge on any atom is -0.493 e. The molecule has 7 nitrogen and oxygen atoms in total. The van der Waals surface area contributed by atoms with E-state index >= 15 is 0 Å². The van der Waals surface area contributed by atoms with Crippen molar-refractivity contribution >= 4 is 21.6 Å². The Morgan fingerprint density at radius 2 is 1.81 bits per heavy atom. The van der Waals surface area contributed by atoms with Crippen molar-refractivity contribution in [3.05, 3.63) is 53.8 Å². The van der Waals surface area contributed by atoms with Gasteiger partial charge in [0, 0.05) is 6.54 Å². The van der Waals surface area contributed by atoms with Gasteiger partial charge in [0.15, 0.2) is 11.5 Å². The second kappa shape index (κ2) is 8.72. The fourth-order valence-electron chi connectivity index (χ4n) is 2.41. The number of nitrogens with zero attached hydrogens (tertiary/aromatic N) is 1. The van der Waals surface area contributed by atoms with Gasteiger partial charge in [-0.1, -0.05) is 12.1 Å². The van der Waals surface area contributed by atoms with Crippen molar-refractivity contribution < 1.29 is 27.1 Å². The molecule has 9 heteroatoms. The minimum atomic E-state index is -3.76. The van der Waals surface area contributed by atoms with Gasteiger partial charge in [-0.05, 0) is 35.9 Å². The number of ether oxygens (including phenoxy) is 2. The number of hydrogen-bond donors (Lipinski definition) is 1. The lowest BCUT2D eigenvalue weighted by molar-refractivity contribution is -0.119. The highest BCUT2D eigenvalue weighted by molar-refractivity contribution is 7.92. The van der Waals surface area contributed by atoms with E-state index in [2.05, 4.69) is 5.32 Å². The molecule has 0 bridgehead atoms. The van der Waals surface area contributed by atoms with Gasteiger partial charge in [-0.3, -0.25) is 9.10 Å². The molecule has 0 radical (unpaired) electrons. The number of carbonyl (C=O) groups is 1. The summed E-state index contributed by atoms with van der Waals surface area (Å²) in [5.41, 5.74) is 0.830.